The number of thiophene rings is 1. The Morgan fingerprint density at radius 3 is 1.66 bits per heavy atom. The normalized spacial score (nSPS) is 11.6. The van der Waals surface area contributed by atoms with E-state index in [1.807, 2.05) is 47.7 Å². The van der Waals surface area contributed by atoms with Crippen LogP contribution < -0.4 is 0 Å². The average molecular weight is 657 g/mol. The minimum absolute atomic E-state index is 0.660. The van der Waals surface area contributed by atoms with Crippen molar-refractivity contribution in [2.24, 2.45) is 0 Å². The molecule has 234 valence electrons. The van der Waals surface area contributed by atoms with Gasteiger partial charge < -0.3 is 4.57 Å². The number of rotatable bonds is 5. The summed E-state index contributed by atoms with van der Waals surface area (Å²) in [6.07, 6.45) is 0. The highest BCUT2D eigenvalue weighted by atomic mass is 32.1. The predicted molar refractivity (Wildman–Crippen MR) is 209 cm³/mol. The van der Waals surface area contributed by atoms with Gasteiger partial charge in [0.15, 0.2) is 17.5 Å². The van der Waals surface area contributed by atoms with Crippen molar-refractivity contribution in [1.29, 1.82) is 0 Å². The van der Waals surface area contributed by atoms with E-state index in [9.17, 15) is 0 Å². The fourth-order valence-corrected chi connectivity index (χ4v) is 8.53. The molecule has 7 aromatic carbocycles. The third-order valence-electron chi connectivity index (χ3n) is 9.47. The summed E-state index contributed by atoms with van der Waals surface area (Å²) in [5.41, 5.74) is 8.92. The number of fused-ring (bicyclic) bond motifs is 6. The number of hydrogen-bond donors (Lipinski definition) is 0. The molecule has 0 saturated heterocycles. The SMILES string of the molecule is c1ccc(-c2nc(-c3ccccc3)nc(-c3cccc4sc5c(-c6cccc7c6c6ccccc6n7-c6ccccc6)cccc5c34)n2)cc1. The smallest absolute Gasteiger partial charge is 0.164 e. The third kappa shape index (κ3) is 4.55. The van der Waals surface area contributed by atoms with Crippen molar-refractivity contribution in [3.63, 3.8) is 0 Å². The zero-order chi connectivity index (χ0) is 33.0. The summed E-state index contributed by atoms with van der Waals surface area (Å²) >= 11 is 1.83. The fourth-order valence-electron chi connectivity index (χ4n) is 7.27. The molecule has 0 aliphatic carbocycles. The maximum atomic E-state index is 5.10. The van der Waals surface area contributed by atoms with Crippen molar-refractivity contribution >= 4 is 53.3 Å². The predicted octanol–water partition coefficient (Wildman–Crippen LogP) is 12.0. The van der Waals surface area contributed by atoms with Crippen LogP contribution in [0.2, 0.25) is 0 Å². The Kier molecular flexibility index (Phi) is 6.64. The zero-order valence-corrected chi connectivity index (χ0v) is 27.7. The van der Waals surface area contributed by atoms with Crippen molar-refractivity contribution in [2.45, 2.75) is 0 Å². The number of hydrogen-bond acceptors (Lipinski definition) is 4. The molecule has 0 radical (unpaired) electrons. The van der Waals surface area contributed by atoms with E-state index in [1.54, 1.807) is 0 Å². The van der Waals surface area contributed by atoms with E-state index in [4.69, 9.17) is 15.0 Å². The summed E-state index contributed by atoms with van der Waals surface area (Å²) in [5.74, 6) is 1.99. The molecule has 3 heterocycles. The van der Waals surface area contributed by atoms with E-state index in [0.717, 1.165) is 27.8 Å². The summed E-state index contributed by atoms with van der Waals surface area (Å²) in [4.78, 5) is 15.1. The first-order valence-electron chi connectivity index (χ1n) is 16.7. The molecule has 0 N–H and O–H groups in total. The first-order valence-corrected chi connectivity index (χ1v) is 17.5. The molecule has 0 atom stereocenters. The average Bonchev–Trinajstić information content (AvgIpc) is 3.75. The molecule has 10 rings (SSSR count). The Labute approximate surface area is 292 Å². The maximum absolute atomic E-state index is 5.10. The molecular formula is C45H28N4S. The van der Waals surface area contributed by atoms with Crippen molar-refractivity contribution < 1.29 is 0 Å². The first kappa shape index (κ1) is 28.6. The van der Waals surface area contributed by atoms with Crippen LogP contribution in [-0.4, -0.2) is 19.5 Å². The molecule has 3 aromatic heterocycles. The van der Waals surface area contributed by atoms with E-state index in [0.29, 0.717) is 17.5 Å². The fraction of sp³-hybridized carbons (Fsp3) is 0. The van der Waals surface area contributed by atoms with Crippen LogP contribution in [0.3, 0.4) is 0 Å². The van der Waals surface area contributed by atoms with Crippen LogP contribution in [0.1, 0.15) is 0 Å². The quantitative estimate of drug-likeness (QED) is 0.185. The molecule has 50 heavy (non-hydrogen) atoms. The number of nitrogens with zero attached hydrogens (tertiary/aromatic N) is 4. The van der Waals surface area contributed by atoms with Gasteiger partial charge in [0.2, 0.25) is 0 Å². The molecule has 0 aliphatic heterocycles. The maximum Gasteiger partial charge on any atom is 0.164 e. The molecule has 0 spiro atoms. The van der Waals surface area contributed by atoms with Gasteiger partial charge in [0.25, 0.3) is 0 Å². The molecule has 0 amide bonds. The van der Waals surface area contributed by atoms with Crippen LogP contribution in [0.5, 0.6) is 0 Å². The summed E-state index contributed by atoms with van der Waals surface area (Å²) in [6.45, 7) is 0. The van der Waals surface area contributed by atoms with Crippen LogP contribution in [0, 0.1) is 0 Å². The van der Waals surface area contributed by atoms with Gasteiger partial charge in [-0.05, 0) is 35.9 Å². The van der Waals surface area contributed by atoms with Gasteiger partial charge in [-0.2, -0.15) is 0 Å². The van der Waals surface area contributed by atoms with Crippen LogP contribution in [-0.2, 0) is 0 Å². The molecular weight excluding hydrogens is 629 g/mol. The van der Waals surface area contributed by atoms with E-state index in [1.165, 1.54) is 47.7 Å². The van der Waals surface area contributed by atoms with Crippen molar-refractivity contribution in [1.82, 2.24) is 19.5 Å². The Bertz CT molecular complexity index is 2800. The highest BCUT2D eigenvalue weighted by Gasteiger charge is 2.21. The van der Waals surface area contributed by atoms with Crippen LogP contribution in [0.15, 0.2) is 170 Å². The lowest BCUT2D eigenvalue weighted by molar-refractivity contribution is 1.08. The summed E-state index contributed by atoms with van der Waals surface area (Å²) < 4.78 is 4.83. The Morgan fingerprint density at radius 2 is 0.920 bits per heavy atom. The minimum Gasteiger partial charge on any atom is -0.309 e. The molecule has 0 unspecified atom stereocenters. The summed E-state index contributed by atoms with van der Waals surface area (Å²) in [6, 6.07) is 59.6. The van der Waals surface area contributed by atoms with Crippen molar-refractivity contribution in [2.75, 3.05) is 0 Å². The van der Waals surface area contributed by atoms with Gasteiger partial charge in [0.05, 0.1) is 11.0 Å². The number of para-hydroxylation sites is 2. The lowest BCUT2D eigenvalue weighted by Gasteiger charge is -2.10. The second kappa shape index (κ2) is 11.6. The van der Waals surface area contributed by atoms with E-state index >= 15 is 0 Å². The molecule has 10 aromatic rings. The van der Waals surface area contributed by atoms with Gasteiger partial charge in [-0.1, -0.05) is 140 Å². The molecule has 0 fully saturated rings. The Balaban J connectivity index is 1.22. The third-order valence-corrected chi connectivity index (χ3v) is 10.7. The highest BCUT2D eigenvalue weighted by molar-refractivity contribution is 7.26. The van der Waals surface area contributed by atoms with Crippen LogP contribution in [0.4, 0.5) is 0 Å². The van der Waals surface area contributed by atoms with Crippen molar-refractivity contribution in [3.05, 3.63) is 170 Å². The topological polar surface area (TPSA) is 43.6 Å². The minimum atomic E-state index is 0.660. The molecule has 0 aliphatic rings. The van der Waals surface area contributed by atoms with E-state index < -0.39 is 0 Å². The van der Waals surface area contributed by atoms with Gasteiger partial charge in [-0.3, -0.25) is 0 Å². The van der Waals surface area contributed by atoms with Crippen LogP contribution >= 0.6 is 11.3 Å². The van der Waals surface area contributed by atoms with Gasteiger partial charge in [0, 0.05) is 58.9 Å². The number of aromatic nitrogens is 4. The largest absolute Gasteiger partial charge is 0.309 e. The van der Waals surface area contributed by atoms with Gasteiger partial charge >= 0.3 is 0 Å². The lowest BCUT2D eigenvalue weighted by atomic mass is 9.97. The van der Waals surface area contributed by atoms with Gasteiger partial charge in [-0.25, -0.2) is 15.0 Å². The molecule has 4 nitrogen and oxygen atoms in total. The summed E-state index contributed by atoms with van der Waals surface area (Å²) in [7, 11) is 0. The monoisotopic (exact) mass is 656 g/mol. The van der Waals surface area contributed by atoms with Gasteiger partial charge in [-0.15, -0.1) is 11.3 Å². The summed E-state index contributed by atoms with van der Waals surface area (Å²) in [5, 5.41) is 4.87. The lowest BCUT2D eigenvalue weighted by Crippen LogP contribution is -2.00. The number of benzene rings is 7. The second-order valence-electron chi connectivity index (χ2n) is 12.4. The standard InChI is InChI=1S/C45H28N4S/c1-4-15-29(16-5-1)43-46-44(30-17-6-2-7-18-30)48-45(47-43)36-25-14-28-39-41(36)35-24-12-23-33(42(35)50-39)32-22-13-27-38-40(32)34-21-10-11-26-37(34)49(38)31-19-8-3-9-20-31/h1-28H. The zero-order valence-electron chi connectivity index (χ0n) is 26.9. The van der Waals surface area contributed by atoms with Gasteiger partial charge in [0.1, 0.15) is 0 Å². The Hall–Kier alpha value is -6.43. The van der Waals surface area contributed by atoms with E-state index in [2.05, 4.69) is 138 Å². The molecule has 0 saturated carbocycles. The van der Waals surface area contributed by atoms with Crippen LogP contribution in [0.25, 0.3) is 93.0 Å². The Morgan fingerprint density at radius 1 is 0.380 bits per heavy atom. The molecule has 0 bridgehead atoms. The second-order valence-corrected chi connectivity index (χ2v) is 13.4. The first-order chi connectivity index (χ1) is 24.8. The van der Waals surface area contributed by atoms with E-state index in [-0.39, 0.29) is 0 Å². The van der Waals surface area contributed by atoms with Crippen molar-refractivity contribution in [3.8, 4) is 51.0 Å². The highest BCUT2D eigenvalue weighted by Crippen LogP contribution is 2.46. The molecule has 5 heteroatoms.